The van der Waals surface area contributed by atoms with Crippen molar-refractivity contribution in [3.8, 4) is 0 Å². The van der Waals surface area contributed by atoms with Crippen molar-refractivity contribution in [1.29, 1.82) is 0 Å². The van der Waals surface area contributed by atoms with Crippen molar-refractivity contribution in [3.63, 3.8) is 0 Å². The molecule has 0 N–H and O–H groups in total. The molecule has 0 aliphatic rings. The van der Waals surface area contributed by atoms with E-state index in [-0.39, 0.29) is 13.0 Å². The highest BCUT2D eigenvalue weighted by atomic mass is 35.5. The summed E-state index contributed by atoms with van der Waals surface area (Å²) in [6.45, 7) is 1.86. The molecule has 0 spiro atoms. The molecule has 0 aromatic heterocycles. The molecule has 0 aliphatic carbocycles. The lowest BCUT2D eigenvalue weighted by Crippen LogP contribution is -2.17. The SMILES string of the molecule is CCOC(=O)C(=O)CCc1ccc(Cl)c(Cl)c1. The van der Waals surface area contributed by atoms with E-state index in [1.54, 1.807) is 25.1 Å². The Kier molecular flexibility index (Phi) is 5.45. The lowest BCUT2D eigenvalue weighted by Gasteiger charge is -2.03. The third kappa shape index (κ3) is 4.36. The summed E-state index contributed by atoms with van der Waals surface area (Å²) < 4.78 is 4.60. The fourth-order valence-electron chi connectivity index (χ4n) is 1.27. The van der Waals surface area contributed by atoms with Crippen molar-refractivity contribution in [2.24, 2.45) is 0 Å². The van der Waals surface area contributed by atoms with Crippen LogP contribution in [0.25, 0.3) is 0 Å². The first-order chi connectivity index (χ1) is 8.04. The maximum absolute atomic E-state index is 11.3. The topological polar surface area (TPSA) is 43.4 Å². The largest absolute Gasteiger partial charge is 0.460 e. The first kappa shape index (κ1) is 14.0. The zero-order valence-electron chi connectivity index (χ0n) is 9.33. The number of Topliss-reactive ketones (excluding diaryl/α,β-unsaturated/α-hetero) is 1. The Morgan fingerprint density at radius 2 is 1.94 bits per heavy atom. The normalized spacial score (nSPS) is 10.1. The Hall–Kier alpha value is -1.06. The summed E-state index contributed by atoms with van der Waals surface area (Å²) >= 11 is 11.6. The van der Waals surface area contributed by atoms with E-state index in [9.17, 15) is 9.59 Å². The van der Waals surface area contributed by atoms with Crippen molar-refractivity contribution in [1.82, 2.24) is 0 Å². The molecule has 0 fully saturated rings. The van der Waals surface area contributed by atoms with Gasteiger partial charge in [-0.1, -0.05) is 29.3 Å². The van der Waals surface area contributed by atoms with Gasteiger partial charge in [-0.05, 0) is 31.0 Å². The molecule has 1 aromatic carbocycles. The van der Waals surface area contributed by atoms with Crippen LogP contribution in [0.5, 0.6) is 0 Å². The molecule has 0 radical (unpaired) electrons. The number of benzene rings is 1. The molecule has 5 heteroatoms. The number of halogens is 2. The summed E-state index contributed by atoms with van der Waals surface area (Å²) in [4.78, 5) is 22.4. The zero-order valence-corrected chi connectivity index (χ0v) is 10.8. The molecule has 0 unspecified atom stereocenters. The summed E-state index contributed by atoms with van der Waals surface area (Å²) in [5.74, 6) is -1.31. The highest BCUT2D eigenvalue weighted by molar-refractivity contribution is 6.42. The van der Waals surface area contributed by atoms with Crippen molar-refractivity contribution >= 4 is 35.0 Å². The molecule has 0 aliphatic heterocycles. The molecule has 3 nitrogen and oxygen atoms in total. The van der Waals surface area contributed by atoms with Gasteiger partial charge < -0.3 is 4.74 Å². The minimum absolute atomic E-state index is 0.108. The van der Waals surface area contributed by atoms with Crippen molar-refractivity contribution in [3.05, 3.63) is 33.8 Å². The summed E-state index contributed by atoms with van der Waals surface area (Å²) in [6, 6.07) is 5.11. The number of carbonyl (C=O) groups is 2. The number of rotatable bonds is 5. The molecule has 0 bridgehead atoms. The van der Waals surface area contributed by atoms with Crippen LogP contribution < -0.4 is 0 Å². The Balaban J connectivity index is 2.53. The molecule has 1 rings (SSSR count). The van der Waals surface area contributed by atoms with Crippen LogP contribution in [-0.4, -0.2) is 18.4 Å². The third-order valence-electron chi connectivity index (χ3n) is 2.13. The van der Waals surface area contributed by atoms with Crippen LogP contribution in [0.1, 0.15) is 18.9 Å². The molecule has 1 aromatic rings. The monoisotopic (exact) mass is 274 g/mol. The number of hydrogen-bond donors (Lipinski definition) is 0. The molecular formula is C12H12Cl2O3. The molecule has 0 heterocycles. The quantitative estimate of drug-likeness (QED) is 0.612. The van der Waals surface area contributed by atoms with E-state index in [1.807, 2.05) is 0 Å². The minimum Gasteiger partial charge on any atom is -0.460 e. The molecule has 92 valence electrons. The Morgan fingerprint density at radius 3 is 2.53 bits per heavy atom. The van der Waals surface area contributed by atoms with E-state index < -0.39 is 11.8 Å². The minimum atomic E-state index is -0.785. The van der Waals surface area contributed by atoms with Crippen molar-refractivity contribution in [2.45, 2.75) is 19.8 Å². The molecule has 0 amide bonds. The van der Waals surface area contributed by atoms with Gasteiger partial charge in [-0.2, -0.15) is 0 Å². The van der Waals surface area contributed by atoms with E-state index in [0.29, 0.717) is 16.5 Å². The first-order valence-corrected chi connectivity index (χ1v) is 5.94. The van der Waals surface area contributed by atoms with E-state index in [4.69, 9.17) is 23.2 Å². The number of ether oxygens (including phenoxy) is 1. The van der Waals surface area contributed by atoms with E-state index in [1.165, 1.54) is 0 Å². The lowest BCUT2D eigenvalue weighted by molar-refractivity contribution is -0.153. The second-order valence-electron chi connectivity index (χ2n) is 3.39. The van der Waals surface area contributed by atoms with Crippen LogP contribution in [0.4, 0.5) is 0 Å². The second kappa shape index (κ2) is 6.62. The Bertz CT molecular complexity index is 430. The molecular weight excluding hydrogens is 263 g/mol. The van der Waals surface area contributed by atoms with Gasteiger partial charge in [0.15, 0.2) is 0 Å². The smallest absolute Gasteiger partial charge is 0.374 e. The maximum Gasteiger partial charge on any atom is 0.374 e. The van der Waals surface area contributed by atoms with E-state index in [0.717, 1.165) is 5.56 Å². The summed E-state index contributed by atoms with van der Waals surface area (Å²) in [5.41, 5.74) is 0.858. The summed E-state index contributed by atoms with van der Waals surface area (Å²) in [7, 11) is 0. The molecule has 0 saturated heterocycles. The predicted octanol–water partition coefficient (Wildman–Crippen LogP) is 3.06. The summed E-state index contributed by atoms with van der Waals surface area (Å²) in [6.07, 6.45) is 0.547. The average molecular weight is 275 g/mol. The molecule has 0 saturated carbocycles. The second-order valence-corrected chi connectivity index (χ2v) is 4.21. The van der Waals surface area contributed by atoms with E-state index in [2.05, 4.69) is 4.74 Å². The highest BCUT2D eigenvalue weighted by Gasteiger charge is 2.14. The third-order valence-corrected chi connectivity index (χ3v) is 2.87. The van der Waals surface area contributed by atoms with Gasteiger partial charge in [-0.3, -0.25) is 4.79 Å². The lowest BCUT2D eigenvalue weighted by atomic mass is 10.1. The average Bonchev–Trinajstić information content (AvgIpc) is 2.30. The van der Waals surface area contributed by atoms with Gasteiger partial charge in [-0.25, -0.2) is 4.79 Å². The Morgan fingerprint density at radius 1 is 1.24 bits per heavy atom. The van der Waals surface area contributed by atoms with Gasteiger partial charge in [0.1, 0.15) is 0 Å². The van der Waals surface area contributed by atoms with Crippen LogP contribution in [-0.2, 0) is 20.7 Å². The molecule has 0 atom stereocenters. The van der Waals surface area contributed by atoms with Gasteiger partial charge in [0, 0.05) is 6.42 Å². The zero-order chi connectivity index (χ0) is 12.8. The van der Waals surface area contributed by atoms with Crippen LogP contribution in [0, 0.1) is 0 Å². The van der Waals surface area contributed by atoms with Crippen LogP contribution >= 0.6 is 23.2 Å². The number of aryl methyl sites for hydroxylation is 1. The van der Waals surface area contributed by atoms with Crippen LogP contribution in [0.2, 0.25) is 10.0 Å². The fourth-order valence-corrected chi connectivity index (χ4v) is 1.59. The van der Waals surface area contributed by atoms with Crippen LogP contribution in [0.3, 0.4) is 0 Å². The van der Waals surface area contributed by atoms with Crippen molar-refractivity contribution < 1.29 is 14.3 Å². The van der Waals surface area contributed by atoms with Gasteiger partial charge in [0.05, 0.1) is 16.7 Å². The number of esters is 1. The van der Waals surface area contributed by atoms with Gasteiger partial charge in [-0.15, -0.1) is 0 Å². The standard InChI is InChI=1S/C12H12Cl2O3/c1-2-17-12(16)11(15)6-4-8-3-5-9(13)10(14)7-8/h3,5,7H,2,4,6H2,1H3. The number of carbonyl (C=O) groups excluding carboxylic acids is 2. The van der Waals surface area contributed by atoms with Crippen molar-refractivity contribution in [2.75, 3.05) is 6.61 Å². The number of ketones is 1. The van der Waals surface area contributed by atoms with Gasteiger partial charge in [0.25, 0.3) is 0 Å². The fraction of sp³-hybridized carbons (Fsp3) is 0.333. The van der Waals surface area contributed by atoms with Crippen LogP contribution in [0.15, 0.2) is 18.2 Å². The molecule has 17 heavy (non-hydrogen) atoms. The van der Waals surface area contributed by atoms with E-state index >= 15 is 0 Å². The first-order valence-electron chi connectivity index (χ1n) is 5.18. The summed E-state index contributed by atoms with van der Waals surface area (Å²) in [5, 5.41) is 0.903. The Labute approximate surface area is 110 Å². The predicted molar refractivity (Wildman–Crippen MR) is 66.4 cm³/mol. The van der Waals surface area contributed by atoms with Gasteiger partial charge >= 0.3 is 5.97 Å². The van der Waals surface area contributed by atoms with Gasteiger partial charge in [0.2, 0.25) is 5.78 Å². The number of hydrogen-bond acceptors (Lipinski definition) is 3. The highest BCUT2D eigenvalue weighted by Crippen LogP contribution is 2.23. The maximum atomic E-state index is 11.3.